The summed E-state index contributed by atoms with van der Waals surface area (Å²) in [4.78, 5) is 41.6. The highest BCUT2D eigenvalue weighted by Crippen LogP contribution is 2.37. The first-order valence-corrected chi connectivity index (χ1v) is 10.4. The van der Waals surface area contributed by atoms with Crippen molar-refractivity contribution in [2.24, 2.45) is 0 Å². The van der Waals surface area contributed by atoms with Gasteiger partial charge in [-0.25, -0.2) is 4.90 Å². The maximum atomic E-state index is 13.4. The number of hydrogen-bond acceptors (Lipinski definition) is 4. The lowest BCUT2D eigenvalue weighted by atomic mass is 9.92. The van der Waals surface area contributed by atoms with Gasteiger partial charge in [-0.2, -0.15) is 0 Å². The number of nitrogens with two attached hydrogens (primary N) is 1. The van der Waals surface area contributed by atoms with Gasteiger partial charge in [-0.1, -0.05) is 12.1 Å². The number of nitrogens with one attached hydrogen (secondary N) is 1. The van der Waals surface area contributed by atoms with Crippen molar-refractivity contribution in [2.45, 2.75) is 6.92 Å². The minimum absolute atomic E-state index is 0.180. The number of piperazine rings is 1. The molecule has 3 aromatic carbocycles. The van der Waals surface area contributed by atoms with Crippen LogP contribution in [0.15, 0.2) is 54.6 Å². The molecule has 0 unspecified atom stereocenters. The molecule has 156 valence electrons. The Labute approximate surface area is 179 Å². The van der Waals surface area contributed by atoms with Crippen molar-refractivity contribution in [2.75, 3.05) is 41.3 Å². The van der Waals surface area contributed by atoms with Crippen LogP contribution in [0.2, 0.25) is 0 Å². The summed E-state index contributed by atoms with van der Waals surface area (Å²) in [6.07, 6.45) is 0. The van der Waals surface area contributed by atoms with Gasteiger partial charge in [0.15, 0.2) is 0 Å². The maximum absolute atomic E-state index is 13.4. The molecule has 0 saturated carbocycles. The number of nitrogens with zero attached hydrogens (tertiary/aromatic N) is 2. The third-order valence-electron chi connectivity index (χ3n) is 5.88. The highest BCUT2D eigenvalue weighted by atomic mass is 16.2. The molecule has 31 heavy (non-hydrogen) atoms. The Kier molecular flexibility index (Phi) is 4.67. The zero-order valence-electron chi connectivity index (χ0n) is 17.2. The molecule has 2 aliphatic heterocycles. The van der Waals surface area contributed by atoms with Crippen LogP contribution >= 0.6 is 0 Å². The molecule has 0 bridgehead atoms. The summed E-state index contributed by atoms with van der Waals surface area (Å²) >= 11 is 0. The van der Waals surface area contributed by atoms with Gasteiger partial charge in [0, 0.05) is 40.2 Å². The molecule has 7 nitrogen and oxygen atoms in total. The maximum Gasteiger partial charge on any atom is 0.265 e. The second-order valence-corrected chi connectivity index (χ2v) is 7.89. The van der Waals surface area contributed by atoms with Crippen molar-refractivity contribution >= 4 is 45.6 Å². The summed E-state index contributed by atoms with van der Waals surface area (Å²) in [5.74, 6) is -0.847. The lowest BCUT2D eigenvalue weighted by Crippen LogP contribution is -2.89. The molecule has 3 amide bonds. The van der Waals surface area contributed by atoms with Gasteiger partial charge in [0.05, 0.1) is 31.9 Å². The summed E-state index contributed by atoms with van der Waals surface area (Å²) in [5.41, 5.74) is 3.22. The molecule has 2 heterocycles. The smallest absolute Gasteiger partial charge is 0.265 e. The van der Waals surface area contributed by atoms with Gasteiger partial charge in [-0.05, 0) is 42.5 Å². The number of amides is 3. The van der Waals surface area contributed by atoms with Gasteiger partial charge >= 0.3 is 0 Å². The molecule has 7 heteroatoms. The number of anilines is 3. The van der Waals surface area contributed by atoms with Gasteiger partial charge in [0.1, 0.15) is 0 Å². The van der Waals surface area contributed by atoms with Crippen LogP contribution in [0.1, 0.15) is 27.6 Å². The number of hydrogen-bond donors (Lipinski definition) is 2. The molecule has 3 aromatic rings. The van der Waals surface area contributed by atoms with E-state index >= 15 is 0 Å². The average Bonchev–Trinajstić information content (AvgIpc) is 2.78. The molecule has 1 saturated heterocycles. The van der Waals surface area contributed by atoms with Crippen molar-refractivity contribution in [3.63, 3.8) is 0 Å². The van der Waals surface area contributed by atoms with E-state index in [4.69, 9.17) is 0 Å². The molecule has 0 aromatic heterocycles. The Morgan fingerprint density at radius 2 is 1.58 bits per heavy atom. The summed E-state index contributed by atoms with van der Waals surface area (Å²) in [7, 11) is 0. The molecule has 5 rings (SSSR count). The third-order valence-corrected chi connectivity index (χ3v) is 5.88. The van der Waals surface area contributed by atoms with E-state index in [0.29, 0.717) is 22.5 Å². The van der Waals surface area contributed by atoms with E-state index in [1.807, 2.05) is 24.3 Å². The second kappa shape index (κ2) is 7.52. The van der Waals surface area contributed by atoms with Gasteiger partial charge in [0.25, 0.3) is 11.8 Å². The van der Waals surface area contributed by atoms with Crippen molar-refractivity contribution in [1.29, 1.82) is 0 Å². The fourth-order valence-electron chi connectivity index (χ4n) is 4.48. The van der Waals surface area contributed by atoms with Crippen molar-refractivity contribution in [1.82, 2.24) is 0 Å². The fourth-order valence-corrected chi connectivity index (χ4v) is 4.48. The number of carbonyl (C=O) groups excluding carboxylic acids is 3. The second-order valence-electron chi connectivity index (χ2n) is 7.89. The van der Waals surface area contributed by atoms with Crippen molar-refractivity contribution in [3.8, 4) is 0 Å². The fraction of sp³-hybridized carbons (Fsp3) is 0.208. The number of benzene rings is 3. The third kappa shape index (κ3) is 3.23. The molecular formula is C24H23N4O3+. The molecule has 2 aliphatic rings. The first kappa shape index (κ1) is 19.3. The predicted octanol–water partition coefficient (Wildman–Crippen LogP) is 1.98. The molecule has 0 aliphatic carbocycles. The van der Waals surface area contributed by atoms with Crippen LogP contribution in [-0.4, -0.2) is 43.9 Å². The summed E-state index contributed by atoms with van der Waals surface area (Å²) in [6, 6.07) is 16.2. The summed E-state index contributed by atoms with van der Waals surface area (Å²) in [6.45, 7) is 5.37. The average molecular weight is 415 g/mol. The number of quaternary nitrogens is 1. The number of rotatable bonds is 3. The van der Waals surface area contributed by atoms with E-state index < -0.39 is 0 Å². The first-order valence-electron chi connectivity index (χ1n) is 10.4. The SMILES string of the molecule is CC(=O)Nc1ccc(N2C(=O)c3cccc4c(N5CC[NH2+]CC5)ccc(c34)C2=O)cc1. The van der Waals surface area contributed by atoms with Crippen molar-refractivity contribution in [3.05, 3.63) is 65.7 Å². The molecule has 0 atom stereocenters. The Bertz CT molecular complexity index is 1190. The largest absolute Gasteiger partial charge is 0.360 e. The van der Waals surface area contributed by atoms with Crippen LogP contribution in [0.3, 0.4) is 0 Å². The van der Waals surface area contributed by atoms with Gasteiger partial charge < -0.3 is 15.5 Å². The minimum atomic E-state index is -0.334. The van der Waals surface area contributed by atoms with E-state index in [2.05, 4.69) is 15.5 Å². The lowest BCUT2D eigenvalue weighted by Gasteiger charge is -2.31. The topological polar surface area (TPSA) is 86.3 Å². The molecular weight excluding hydrogens is 392 g/mol. The zero-order chi connectivity index (χ0) is 21.5. The van der Waals surface area contributed by atoms with E-state index in [-0.39, 0.29) is 17.7 Å². The van der Waals surface area contributed by atoms with Crippen LogP contribution in [-0.2, 0) is 4.79 Å². The van der Waals surface area contributed by atoms with Gasteiger partial charge in [0.2, 0.25) is 5.91 Å². The zero-order valence-corrected chi connectivity index (χ0v) is 17.2. The molecule has 0 radical (unpaired) electrons. The van der Waals surface area contributed by atoms with E-state index in [1.54, 1.807) is 30.3 Å². The molecule has 1 fully saturated rings. The Morgan fingerprint density at radius 3 is 2.26 bits per heavy atom. The van der Waals surface area contributed by atoms with Crippen LogP contribution in [0.4, 0.5) is 17.1 Å². The monoisotopic (exact) mass is 415 g/mol. The van der Waals surface area contributed by atoms with E-state index in [9.17, 15) is 14.4 Å². The number of imide groups is 1. The predicted molar refractivity (Wildman–Crippen MR) is 120 cm³/mol. The first-order chi connectivity index (χ1) is 15.0. The highest BCUT2D eigenvalue weighted by Gasteiger charge is 2.35. The standard InChI is InChI=1S/C24H22N4O3/c1-15(29)26-16-5-7-17(8-6-16)28-23(30)19-4-2-3-18-21(27-13-11-25-12-14-27)10-9-20(22(18)19)24(28)31/h2-10,25H,11-14H2,1H3,(H,26,29)/p+1. The van der Waals surface area contributed by atoms with E-state index in [1.165, 1.54) is 11.8 Å². The Morgan fingerprint density at radius 1 is 0.903 bits per heavy atom. The molecule has 0 spiro atoms. The van der Waals surface area contributed by atoms with Crippen LogP contribution < -0.4 is 20.4 Å². The summed E-state index contributed by atoms with van der Waals surface area (Å²) in [5, 5.41) is 6.66. The molecule has 3 N–H and O–H groups in total. The lowest BCUT2D eigenvalue weighted by molar-refractivity contribution is -0.655. The van der Waals surface area contributed by atoms with E-state index in [0.717, 1.165) is 42.6 Å². The normalized spacial score (nSPS) is 16.0. The number of carbonyl (C=O) groups is 3. The van der Waals surface area contributed by atoms with Crippen molar-refractivity contribution < 1.29 is 19.7 Å². The summed E-state index contributed by atoms with van der Waals surface area (Å²) < 4.78 is 0. The van der Waals surface area contributed by atoms with Crippen LogP contribution in [0, 0.1) is 0 Å². The Hall–Kier alpha value is -3.71. The highest BCUT2D eigenvalue weighted by molar-refractivity contribution is 6.36. The van der Waals surface area contributed by atoms with Gasteiger partial charge in [-0.3, -0.25) is 14.4 Å². The van der Waals surface area contributed by atoms with Crippen LogP contribution in [0.5, 0.6) is 0 Å². The van der Waals surface area contributed by atoms with Crippen LogP contribution in [0.25, 0.3) is 10.8 Å². The van der Waals surface area contributed by atoms with Gasteiger partial charge in [-0.15, -0.1) is 0 Å². The minimum Gasteiger partial charge on any atom is -0.360 e. The quantitative estimate of drug-likeness (QED) is 0.641. The Balaban J connectivity index is 1.58.